The van der Waals surface area contributed by atoms with Crippen LogP contribution in [0, 0.1) is 23.0 Å². The number of hydrogen-bond acceptors (Lipinski definition) is 3. The Morgan fingerprint density at radius 2 is 1.97 bits per heavy atom. The van der Waals surface area contributed by atoms with E-state index in [0.29, 0.717) is 23.6 Å². The topological polar surface area (TPSA) is 47.3 Å². The van der Waals surface area contributed by atoms with E-state index in [0.717, 1.165) is 12.8 Å². The molecule has 0 aromatic heterocycles. The second kappa shape index (κ2) is 9.82. The van der Waals surface area contributed by atoms with Gasteiger partial charge < -0.3 is 4.90 Å². The summed E-state index contributed by atoms with van der Waals surface area (Å²) in [7, 11) is 0. The second-order valence-corrected chi connectivity index (χ2v) is 7.48. The number of para-hydroxylation sites is 1. The maximum absolute atomic E-state index is 14.2. The Hall–Kier alpha value is -2.49. The Labute approximate surface area is 174 Å². The maximum atomic E-state index is 14.2. The lowest BCUT2D eigenvalue weighted by atomic mass is 10.0. The molecular weight excluding hydrogens is 396 g/mol. The van der Waals surface area contributed by atoms with E-state index in [1.165, 1.54) is 23.1 Å². The molecule has 1 atom stereocenters. The van der Waals surface area contributed by atoms with Crippen molar-refractivity contribution in [2.75, 3.05) is 24.5 Å². The first kappa shape index (κ1) is 21.2. The van der Waals surface area contributed by atoms with Gasteiger partial charge in [-0.1, -0.05) is 29.8 Å². The molecule has 1 unspecified atom stereocenters. The Balaban J connectivity index is 1.74. The van der Waals surface area contributed by atoms with Gasteiger partial charge in [0.05, 0.1) is 24.7 Å². The van der Waals surface area contributed by atoms with Crippen LogP contribution >= 0.6 is 11.6 Å². The average Bonchev–Trinajstić information content (AvgIpc) is 3.13. The van der Waals surface area contributed by atoms with Crippen molar-refractivity contribution in [1.82, 2.24) is 4.90 Å². The number of nitrogens with zero attached hydrogens (tertiary/aromatic N) is 3. The molecule has 0 spiro atoms. The van der Waals surface area contributed by atoms with Gasteiger partial charge in [0.25, 0.3) is 0 Å². The van der Waals surface area contributed by atoms with E-state index in [1.807, 2.05) is 11.0 Å². The molecule has 4 nitrogen and oxygen atoms in total. The van der Waals surface area contributed by atoms with Gasteiger partial charge in [-0.25, -0.2) is 8.78 Å². The summed E-state index contributed by atoms with van der Waals surface area (Å²) in [6.07, 6.45) is 2.24. The third kappa shape index (κ3) is 5.11. The van der Waals surface area contributed by atoms with Crippen LogP contribution in [0.5, 0.6) is 0 Å². The highest BCUT2D eigenvalue weighted by Crippen LogP contribution is 2.27. The molecule has 0 saturated carbocycles. The Morgan fingerprint density at radius 1 is 1.21 bits per heavy atom. The van der Waals surface area contributed by atoms with Gasteiger partial charge in [-0.2, -0.15) is 5.26 Å². The molecule has 7 heteroatoms. The maximum Gasteiger partial charge on any atom is 0.241 e. The predicted octanol–water partition coefficient (Wildman–Crippen LogP) is 4.57. The standard InChI is InChI=1S/C22H22ClF2N3O/c23-18-7-3-9-19(24)17(18)14-16-6-4-12-27(16)15-22(29)28(13-5-11-26)21-10-2-1-8-20(21)25/h1-3,7-10,16H,4-6,12-15H2. The second-order valence-electron chi connectivity index (χ2n) is 7.08. The minimum absolute atomic E-state index is 0.0215. The Kier molecular flexibility index (Phi) is 7.18. The van der Waals surface area contributed by atoms with Crippen molar-refractivity contribution in [3.8, 4) is 6.07 Å². The Bertz CT molecular complexity index is 895. The molecule has 1 amide bonds. The van der Waals surface area contributed by atoms with Crippen LogP contribution in [-0.2, 0) is 11.2 Å². The lowest BCUT2D eigenvalue weighted by Gasteiger charge is -2.28. The molecule has 0 N–H and O–H groups in total. The van der Waals surface area contributed by atoms with E-state index in [1.54, 1.807) is 24.3 Å². The molecule has 1 aliphatic rings. The van der Waals surface area contributed by atoms with Gasteiger partial charge in [0, 0.05) is 23.2 Å². The molecule has 3 rings (SSSR count). The summed E-state index contributed by atoms with van der Waals surface area (Å²) in [5.74, 6) is -1.13. The first-order valence-corrected chi connectivity index (χ1v) is 9.98. The highest BCUT2D eigenvalue weighted by Gasteiger charge is 2.30. The van der Waals surface area contributed by atoms with Crippen LogP contribution in [-0.4, -0.2) is 36.5 Å². The highest BCUT2D eigenvalue weighted by atomic mass is 35.5. The number of amides is 1. The van der Waals surface area contributed by atoms with Crippen LogP contribution in [0.2, 0.25) is 5.02 Å². The van der Waals surface area contributed by atoms with Gasteiger partial charge >= 0.3 is 0 Å². The van der Waals surface area contributed by atoms with Crippen LogP contribution in [0.15, 0.2) is 42.5 Å². The molecule has 0 bridgehead atoms. The number of carbonyl (C=O) groups excluding carboxylic acids is 1. The highest BCUT2D eigenvalue weighted by molar-refractivity contribution is 6.31. The van der Waals surface area contributed by atoms with Gasteiger partial charge in [-0.05, 0) is 50.1 Å². The molecule has 1 fully saturated rings. The number of rotatable bonds is 7. The number of benzene rings is 2. The quantitative estimate of drug-likeness (QED) is 0.662. The third-order valence-electron chi connectivity index (χ3n) is 5.23. The summed E-state index contributed by atoms with van der Waals surface area (Å²) in [6.45, 7) is 0.899. The summed E-state index contributed by atoms with van der Waals surface area (Å²) in [5, 5.41) is 9.30. The van der Waals surface area contributed by atoms with Crippen molar-refractivity contribution in [1.29, 1.82) is 5.26 Å². The molecule has 2 aromatic rings. The normalized spacial score (nSPS) is 16.6. The monoisotopic (exact) mass is 417 g/mol. The van der Waals surface area contributed by atoms with Crippen molar-refractivity contribution in [3.63, 3.8) is 0 Å². The summed E-state index contributed by atoms with van der Waals surface area (Å²) in [4.78, 5) is 16.3. The van der Waals surface area contributed by atoms with Crippen LogP contribution in [0.4, 0.5) is 14.5 Å². The smallest absolute Gasteiger partial charge is 0.241 e. The fourth-order valence-corrected chi connectivity index (χ4v) is 4.01. The van der Waals surface area contributed by atoms with E-state index >= 15 is 0 Å². The van der Waals surface area contributed by atoms with Crippen molar-refractivity contribution in [2.45, 2.75) is 31.7 Å². The SMILES string of the molecule is N#CCCN(C(=O)CN1CCCC1Cc1c(F)cccc1Cl)c1ccccc1F. The minimum atomic E-state index is -0.505. The number of nitriles is 1. The lowest BCUT2D eigenvalue weighted by Crippen LogP contribution is -2.43. The van der Waals surface area contributed by atoms with Crippen molar-refractivity contribution in [3.05, 3.63) is 64.7 Å². The number of carbonyl (C=O) groups is 1. The van der Waals surface area contributed by atoms with Crippen molar-refractivity contribution in [2.24, 2.45) is 0 Å². The van der Waals surface area contributed by atoms with Crippen LogP contribution in [0.25, 0.3) is 0 Å². The molecule has 0 aliphatic carbocycles. The van der Waals surface area contributed by atoms with Gasteiger partial charge in [0.15, 0.2) is 0 Å². The molecule has 0 radical (unpaired) electrons. The first-order valence-electron chi connectivity index (χ1n) is 9.60. The van der Waals surface area contributed by atoms with Gasteiger partial charge in [-0.3, -0.25) is 9.69 Å². The zero-order valence-corrected chi connectivity index (χ0v) is 16.7. The zero-order chi connectivity index (χ0) is 20.8. The summed E-state index contributed by atoms with van der Waals surface area (Å²) in [6, 6.07) is 12.6. The van der Waals surface area contributed by atoms with E-state index in [4.69, 9.17) is 16.9 Å². The largest absolute Gasteiger partial charge is 0.308 e. The molecular formula is C22H22ClF2N3O. The molecule has 1 aliphatic heterocycles. The molecule has 152 valence electrons. The van der Waals surface area contributed by atoms with Crippen LogP contribution < -0.4 is 4.90 Å². The first-order chi connectivity index (χ1) is 14.0. The van der Waals surface area contributed by atoms with Gasteiger partial charge in [-0.15, -0.1) is 0 Å². The average molecular weight is 418 g/mol. The number of likely N-dealkylation sites (tertiary alicyclic amines) is 1. The number of anilines is 1. The van der Waals surface area contributed by atoms with Gasteiger partial charge in [0.2, 0.25) is 5.91 Å². The lowest BCUT2D eigenvalue weighted by molar-refractivity contribution is -0.120. The zero-order valence-electron chi connectivity index (χ0n) is 16.0. The van der Waals surface area contributed by atoms with Crippen molar-refractivity contribution < 1.29 is 13.6 Å². The Morgan fingerprint density at radius 3 is 2.69 bits per heavy atom. The minimum Gasteiger partial charge on any atom is -0.308 e. The van der Waals surface area contributed by atoms with E-state index < -0.39 is 5.82 Å². The van der Waals surface area contributed by atoms with Gasteiger partial charge in [0.1, 0.15) is 11.6 Å². The fraction of sp³-hybridized carbons (Fsp3) is 0.364. The number of hydrogen-bond donors (Lipinski definition) is 0. The van der Waals surface area contributed by atoms with Crippen LogP contribution in [0.1, 0.15) is 24.8 Å². The fourth-order valence-electron chi connectivity index (χ4n) is 3.77. The van der Waals surface area contributed by atoms with E-state index in [9.17, 15) is 13.6 Å². The van der Waals surface area contributed by atoms with E-state index in [-0.39, 0.29) is 43.0 Å². The predicted molar refractivity (Wildman–Crippen MR) is 109 cm³/mol. The third-order valence-corrected chi connectivity index (χ3v) is 5.58. The summed E-state index contributed by atoms with van der Waals surface area (Å²) < 4.78 is 28.4. The van der Waals surface area contributed by atoms with Crippen LogP contribution in [0.3, 0.4) is 0 Å². The molecule has 1 saturated heterocycles. The molecule has 2 aromatic carbocycles. The van der Waals surface area contributed by atoms with E-state index in [2.05, 4.69) is 0 Å². The van der Waals surface area contributed by atoms with Crippen molar-refractivity contribution >= 4 is 23.2 Å². The summed E-state index contributed by atoms with van der Waals surface area (Å²) in [5.41, 5.74) is 0.620. The number of halogens is 3. The molecule has 29 heavy (non-hydrogen) atoms. The molecule has 1 heterocycles. The summed E-state index contributed by atoms with van der Waals surface area (Å²) >= 11 is 6.16.